The van der Waals surface area contributed by atoms with Gasteiger partial charge in [-0.1, -0.05) is 12.1 Å². The first-order valence-corrected chi connectivity index (χ1v) is 4.23. The fraction of sp³-hybridized carbons (Fsp3) is 0.300. The van der Waals surface area contributed by atoms with E-state index < -0.39 is 12.0 Å². The third-order valence-electron chi connectivity index (χ3n) is 1.93. The maximum absolute atomic E-state index is 11.2. The first kappa shape index (κ1) is 10.7. The zero-order valence-corrected chi connectivity index (χ0v) is 7.93. The minimum absolute atomic E-state index is 0.148. The lowest BCUT2D eigenvalue weighted by Gasteiger charge is -2.09. The molecule has 0 radical (unpaired) electrons. The molecule has 0 heterocycles. The van der Waals surface area contributed by atoms with Crippen molar-refractivity contribution >= 4 is 5.97 Å². The number of aliphatic hydroxyl groups excluding tert-OH is 1. The Morgan fingerprint density at radius 3 is 2.93 bits per heavy atom. The lowest BCUT2D eigenvalue weighted by atomic mass is 10.1. The van der Waals surface area contributed by atoms with Crippen LogP contribution < -0.4 is 5.73 Å². The third-order valence-corrected chi connectivity index (χ3v) is 1.93. The summed E-state index contributed by atoms with van der Waals surface area (Å²) in [5.41, 5.74) is 6.76. The summed E-state index contributed by atoms with van der Waals surface area (Å²) in [6.07, 6.45) is 0. The Morgan fingerprint density at radius 1 is 1.64 bits per heavy atom. The minimum Gasteiger partial charge on any atom is -0.465 e. The molecule has 0 aliphatic heterocycles. The Bertz CT molecular complexity index is 325. The monoisotopic (exact) mass is 195 g/mol. The maximum atomic E-state index is 11.2. The summed E-state index contributed by atoms with van der Waals surface area (Å²) in [6, 6.07) is 6.26. The van der Waals surface area contributed by atoms with Crippen LogP contribution in [0.15, 0.2) is 24.3 Å². The van der Waals surface area contributed by atoms with Crippen molar-refractivity contribution in [2.75, 3.05) is 13.7 Å². The van der Waals surface area contributed by atoms with Gasteiger partial charge in [-0.05, 0) is 17.7 Å². The SMILES string of the molecule is COC(=O)c1cccc(C(N)CO)c1. The van der Waals surface area contributed by atoms with Gasteiger partial charge in [0.25, 0.3) is 0 Å². The van der Waals surface area contributed by atoms with Crippen LogP contribution in [-0.4, -0.2) is 24.8 Å². The molecule has 0 spiro atoms. The van der Waals surface area contributed by atoms with Gasteiger partial charge in [0.2, 0.25) is 0 Å². The number of benzene rings is 1. The van der Waals surface area contributed by atoms with Crippen molar-refractivity contribution in [2.24, 2.45) is 5.73 Å². The molecule has 4 heteroatoms. The lowest BCUT2D eigenvalue weighted by molar-refractivity contribution is 0.0600. The molecule has 1 unspecified atom stereocenters. The number of hydrogen-bond donors (Lipinski definition) is 2. The van der Waals surface area contributed by atoms with Gasteiger partial charge in [-0.2, -0.15) is 0 Å². The number of aliphatic hydroxyl groups is 1. The molecule has 1 aromatic rings. The molecule has 0 aliphatic rings. The standard InChI is InChI=1S/C10H13NO3/c1-14-10(13)8-4-2-3-7(5-8)9(11)6-12/h2-5,9,12H,6,11H2,1H3. The summed E-state index contributed by atoms with van der Waals surface area (Å²) in [5, 5.41) is 8.83. The zero-order valence-electron chi connectivity index (χ0n) is 7.93. The molecule has 14 heavy (non-hydrogen) atoms. The molecule has 76 valence electrons. The highest BCUT2D eigenvalue weighted by Crippen LogP contribution is 2.12. The third kappa shape index (κ3) is 2.31. The van der Waals surface area contributed by atoms with Crippen LogP contribution in [0, 0.1) is 0 Å². The summed E-state index contributed by atoms with van der Waals surface area (Å²) in [4.78, 5) is 11.2. The second kappa shape index (κ2) is 4.74. The van der Waals surface area contributed by atoms with Crippen LogP contribution in [-0.2, 0) is 4.74 Å². The van der Waals surface area contributed by atoms with E-state index in [0.29, 0.717) is 5.56 Å². The molecule has 0 aromatic heterocycles. The Balaban J connectivity index is 2.95. The molecule has 0 bridgehead atoms. The number of nitrogens with two attached hydrogens (primary N) is 1. The van der Waals surface area contributed by atoms with Gasteiger partial charge in [-0.25, -0.2) is 4.79 Å². The highest BCUT2D eigenvalue weighted by molar-refractivity contribution is 5.89. The summed E-state index contributed by atoms with van der Waals surface area (Å²) in [5.74, 6) is -0.406. The number of carbonyl (C=O) groups excluding carboxylic acids is 1. The molecule has 4 nitrogen and oxygen atoms in total. The van der Waals surface area contributed by atoms with Gasteiger partial charge in [0.1, 0.15) is 0 Å². The molecule has 0 saturated heterocycles. The number of carbonyl (C=O) groups is 1. The van der Waals surface area contributed by atoms with Crippen molar-refractivity contribution in [3.8, 4) is 0 Å². The van der Waals surface area contributed by atoms with Crippen molar-refractivity contribution in [1.29, 1.82) is 0 Å². The quantitative estimate of drug-likeness (QED) is 0.687. The molecule has 1 atom stereocenters. The Hall–Kier alpha value is -1.39. The molecule has 1 rings (SSSR count). The maximum Gasteiger partial charge on any atom is 0.337 e. The van der Waals surface area contributed by atoms with Crippen LogP contribution in [0.3, 0.4) is 0 Å². The summed E-state index contributed by atoms with van der Waals surface area (Å²) in [6.45, 7) is -0.148. The molecule has 0 amide bonds. The highest BCUT2D eigenvalue weighted by Gasteiger charge is 2.09. The number of ether oxygens (including phenoxy) is 1. The number of rotatable bonds is 3. The van der Waals surface area contributed by atoms with Crippen LogP contribution >= 0.6 is 0 Å². The minimum atomic E-state index is -0.459. The van der Waals surface area contributed by atoms with E-state index in [1.54, 1.807) is 24.3 Å². The molecular weight excluding hydrogens is 182 g/mol. The Labute approximate surface area is 82.3 Å². The first-order chi connectivity index (χ1) is 6.69. The fourth-order valence-electron chi connectivity index (χ4n) is 1.12. The molecule has 1 aromatic carbocycles. The van der Waals surface area contributed by atoms with Crippen LogP contribution in [0.4, 0.5) is 0 Å². The van der Waals surface area contributed by atoms with E-state index in [-0.39, 0.29) is 6.61 Å². The second-order valence-corrected chi connectivity index (χ2v) is 2.91. The average molecular weight is 195 g/mol. The van der Waals surface area contributed by atoms with Gasteiger partial charge >= 0.3 is 5.97 Å². The molecule has 0 saturated carbocycles. The molecule has 0 fully saturated rings. The summed E-state index contributed by atoms with van der Waals surface area (Å²) >= 11 is 0. The smallest absolute Gasteiger partial charge is 0.337 e. The van der Waals surface area contributed by atoms with E-state index >= 15 is 0 Å². The van der Waals surface area contributed by atoms with Gasteiger partial charge in [0.05, 0.1) is 25.3 Å². The normalized spacial score (nSPS) is 12.2. The average Bonchev–Trinajstić information content (AvgIpc) is 2.27. The van der Waals surface area contributed by atoms with Gasteiger partial charge < -0.3 is 15.6 Å². The van der Waals surface area contributed by atoms with Crippen molar-refractivity contribution in [3.63, 3.8) is 0 Å². The van der Waals surface area contributed by atoms with Gasteiger partial charge in [0.15, 0.2) is 0 Å². The van der Waals surface area contributed by atoms with Gasteiger partial charge in [-0.3, -0.25) is 0 Å². The lowest BCUT2D eigenvalue weighted by Crippen LogP contribution is -2.15. The summed E-state index contributed by atoms with van der Waals surface area (Å²) in [7, 11) is 1.32. The van der Waals surface area contributed by atoms with E-state index in [1.165, 1.54) is 7.11 Å². The summed E-state index contributed by atoms with van der Waals surface area (Å²) < 4.78 is 4.56. The fourth-order valence-corrected chi connectivity index (χ4v) is 1.12. The van der Waals surface area contributed by atoms with E-state index in [4.69, 9.17) is 10.8 Å². The predicted molar refractivity (Wildman–Crippen MR) is 51.8 cm³/mol. The van der Waals surface area contributed by atoms with E-state index in [0.717, 1.165) is 5.56 Å². The van der Waals surface area contributed by atoms with Crippen LogP contribution in [0.2, 0.25) is 0 Å². The molecular formula is C10H13NO3. The number of methoxy groups -OCH3 is 1. The predicted octanol–water partition coefficient (Wildman–Crippen LogP) is 0.465. The number of hydrogen-bond acceptors (Lipinski definition) is 4. The largest absolute Gasteiger partial charge is 0.465 e. The molecule has 3 N–H and O–H groups in total. The van der Waals surface area contributed by atoms with E-state index in [9.17, 15) is 4.79 Å². The van der Waals surface area contributed by atoms with Crippen molar-refractivity contribution in [1.82, 2.24) is 0 Å². The topological polar surface area (TPSA) is 72.5 Å². The van der Waals surface area contributed by atoms with Crippen molar-refractivity contribution in [2.45, 2.75) is 6.04 Å². The Morgan fingerprint density at radius 2 is 2.36 bits per heavy atom. The van der Waals surface area contributed by atoms with Crippen molar-refractivity contribution < 1.29 is 14.6 Å². The van der Waals surface area contributed by atoms with E-state index in [1.807, 2.05) is 0 Å². The zero-order chi connectivity index (χ0) is 10.6. The molecule has 0 aliphatic carbocycles. The number of esters is 1. The van der Waals surface area contributed by atoms with Gasteiger partial charge in [-0.15, -0.1) is 0 Å². The first-order valence-electron chi connectivity index (χ1n) is 4.23. The van der Waals surface area contributed by atoms with Crippen molar-refractivity contribution in [3.05, 3.63) is 35.4 Å². The highest BCUT2D eigenvalue weighted by atomic mass is 16.5. The Kier molecular flexibility index (Phi) is 3.62. The van der Waals surface area contributed by atoms with E-state index in [2.05, 4.69) is 4.74 Å². The van der Waals surface area contributed by atoms with Crippen LogP contribution in [0.25, 0.3) is 0 Å². The second-order valence-electron chi connectivity index (χ2n) is 2.91. The van der Waals surface area contributed by atoms with Crippen LogP contribution in [0.1, 0.15) is 22.0 Å². The van der Waals surface area contributed by atoms with Gasteiger partial charge in [0, 0.05) is 0 Å². The van der Waals surface area contributed by atoms with Crippen LogP contribution in [0.5, 0.6) is 0 Å².